The van der Waals surface area contributed by atoms with Crippen molar-refractivity contribution in [2.24, 2.45) is 0 Å². The number of pyridine rings is 1. The Kier molecular flexibility index (Phi) is 7.81. The normalized spacial score (nSPS) is 21.9. The minimum atomic E-state index is -5.08. The van der Waals surface area contributed by atoms with Gasteiger partial charge in [-0.2, -0.15) is 17.5 Å². The average Bonchev–Trinajstić information content (AvgIpc) is 3.21. The molecule has 3 rings (SSSR count). The molecule has 0 saturated carbocycles. The lowest BCUT2D eigenvalue weighted by molar-refractivity contribution is -0.192. The first-order valence-corrected chi connectivity index (χ1v) is 11.1. The summed E-state index contributed by atoms with van der Waals surface area (Å²) >= 11 is 0. The van der Waals surface area contributed by atoms with E-state index in [1.807, 2.05) is 24.0 Å². The molecule has 0 spiro atoms. The first-order valence-electron chi connectivity index (χ1n) is 9.45. The van der Waals surface area contributed by atoms with Crippen LogP contribution in [0.25, 0.3) is 0 Å². The van der Waals surface area contributed by atoms with Crippen LogP contribution in [0.1, 0.15) is 38.2 Å². The predicted octanol–water partition coefficient (Wildman–Crippen LogP) is 2.02. The molecular weight excluding hydrogens is 427 g/mol. The number of aromatic nitrogens is 1. The Bertz CT molecular complexity index is 848. The second kappa shape index (κ2) is 9.73. The topological polar surface area (TPSA) is 108 Å². The van der Waals surface area contributed by atoms with Crippen molar-refractivity contribution < 1.29 is 36.3 Å². The van der Waals surface area contributed by atoms with Gasteiger partial charge in [0, 0.05) is 31.9 Å². The maximum Gasteiger partial charge on any atom is 0.490 e. The number of halogens is 3. The fourth-order valence-corrected chi connectivity index (χ4v) is 5.47. The number of alkyl halides is 3. The van der Waals surface area contributed by atoms with E-state index >= 15 is 0 Å². The smallest absolute Gasteiger partial charge is 0.475 e. The summed E-state index contributed by atoms with van der Waals surface area (Å²) in [7, 11) is -3.25. The van der Waals surface area contributed by atoms with Gasteiger partial charge in [-0.25, -0.2) is 13.2 Å². The number of rotatable bonds is 6. The molecule has 30 heavy (non-hydrogen) atoms. The van der Waals surface area contributed by atoms with Crippen LogP contribution in [0.2, 0.25) is 0 Å². The number of likely N-dealkylation sites (tertiary alicyclic amines) is 1. The van der Waals surface area contributed by atoms with Gasteiger partial charge < -0.3 is 10.0 Å². The number of carboxylic acid groups (broad SMARTS) is 1. The first kappa shape index (κ1) is 24.1. The molecule has 8 nitrogen and oxygen atoms in total. The zero-order chi connectivity index (χ0) is 22.5. The van der Waals surface area contributed by atoms with Crippen LogP contribution in [0.4, 0.5) is 13.2 Å². The Labute approximate surface area is 172 Å². The maximum atomic E-state index is 12.5. The molecule has 1 aromatic rings. The largest absolute Gasteiger partial charge is 0.490 e. The van der Waals surface area contributed by atoms with Crippen molar-refractivity contribution in [1.29, 1.82) is 0 Å². The zero-order valence-electron chi connectivity index (χ0n) is 16.4. The molecule has 3 heterocycles. The van der Waals surface area contributed by atoms with Gasteiger partial charge in [-0.05, 0) is 24.5 Å². The van der Waals surface area contributed by atoms with E-state index < -0.39 is 22.2 Å². The van der Waals surface area contributed by atoms with Gasteiger partial charge >= 0.3 is 12.1 Å². The van der Waals surface area contributed by atoms with Crippen LogP contribution in [-0.4, -0.2) is 70.1 Å². The number of carbonyl (C=O) groups excluding carboxylic acids is 1. The van der Waals surface area contributed by atoms with Crippen LogP contribution in [0, 0.1) is 0 Å². The second-order valence-electron chi connectivity index (χ2n) is 7.09. The van der Waals surface area contributed by atoms with Gasteiger partial charge in [0.25, 0.3) is 0 Å². The molecule has 0 aliphatic carbocycles. The molecule has 2 fully saturated rings. The van der Waals surface area contributed by atoms with E-state index in [1.54, 1.807) is 16.7 Å². The molecule has 2 aliphatic rings. The van der Waals surface area contributed by atoms with Gasteiger partial charge in [0.2, 0.25) is 15.9 Å². The lowest BCUT2D eigenvalue weighted by Gasteiger charge is -2.25. The number of hydrogen-bond acceptors (Lipinski definition) is 5. The van der Waals surface area contributed by atoms with E-state index in [9.17, 15) is 26.4 Å². The molecule has 1 N–H and O–H groups in total. The number of fused-ring (bicyclic) bond motifs is 1. The summed E-state index contributed by atoms with van der Waals surface area (Å²) < 4.78 is 58.3. The lowest BCUT2D eigenvalue weighted by atomic mass is 10.1. The molecule has 168 valence electrons. The number of amides is 1. The van der Waals surface area contributed by atoms with Crippen molar-refractivity contribution in [3.05, 3.63) is 30.1 Å². The fraction of sp³-hybridized carbons (Fsp3) is 0.611. The number of sulfonamides is 1. The SMILES string of the molecule is CCCCS(=O)(=O)N1CC[C@@H]2[C@@H]1CC(=O)N2Cc1cccnc1.O=C(O)C(F)(F)F. The van der Waals surface area contributed by atoms with Gasteiger partial charge in [-0.3, -0.25) is 9.78 Å². The van der Waals surface area contributed by atoms with Gasteiger partial charge in [-0.1, -0.05) is 19.4 Å². The monoisotopic (exact) mass is 451 g/mol. The highest BCUT2D eigenvalue weighted by molar-refractivity contribution is 7.89. The number of carboxylic acids is 1. The summed E-state index contributed by atoms with van der Waals surface area (Å²) in [4.78, 5) is 27.2. The Morgan fingerprint density at radius 3 is 2.53 bits per heavy atom. The van der Waals surface area contributed by atoms with Crippen molar-refractivity contribution in [2.45, 2.75) is 57.4 Å². The Balaban J connectivity index is 0.000000396. The van der Waals surface area contributed by atoms with Crippen molar-refractivity contribution >= 4 is 21.9 Å². The highest BCUT2D eigenvalue weighted by Gasteiger charge is 2.50. The van der Waals surface area contributed by atoms with E-state index in [0.29, 0.717) is 25.9 Å². The van der Waals surface area contributed by atoms with E-state index in [1.165, 1.54) is 0 Å². The van der Waals surface area contributed by atoms with Crippen molar-refractivity contribution in [3.63, 3.8) is 0 Å². The van der Waals surface area contributed by atoms with Crippen LogP contribution in [0.3, 0.4) is 0 Å². The molecule has 2 saturated heterocycles. The molecule has 0 aromatic carbocycles. The highest BCUT2D eigenvalue weighted by Crippen LogP contribution is 2.35. The molecule has 0 radical (unpaired) electrons. The van der Waals surface area contributed by atoms with Gasteiger partial charge in [-0.15, -0.1) is 0 Å². The molecule has 1 aromatic heterocycles. The molecule has 0 bridgehead atoms. The standard InChI is InChI=1S/C16H23N3O3S.C2HF3O2/c1-2-3-9-23(21,22)19-8-6-14-15(19)10-16(20)18(14)12-13-5-4-7-17-11-13;3-2(4,5)1(6)7/h4-5,7,11,14-15H,2-3,6,8-10,12H2,1H3;(H,6,7)/t14-,15+;/m1./s1. The minimum Gasteiger partial charge on any atom is -0.475 e. The van der Waals surface area contributed by atoms with E-state index in [4.69, 9.17) is 9.90 Å². The third-order valence-corrected chi connectivity index (χ3v) is 6.97. The third-order valence-electron chi connectivity index (χ3n) is 5.00. The third kappa shape index (κ3) is 5.91. The quantitative estimate of drug-likeness (QED) is 0.709. The molecular formula is C18H24F3N3O5S. The predicted molar refractivity (Wildman–Crippen MR) is 101 cm³/mol. The molecule has 0 unspecified atom stereocenters. The average molecular weight is 451 g/mol. The number of unbranched alkanes of at least 4 members (excludes halogenated alkanes) is 1. The van der Waals surface area contributed by atoms with E-state index in [0.717, 1.165) is 18.4 Å². The summed E-state index contributed by atoms with van der Waals surface area (Å²) in [5, 5.41) is 7.12. The molecule has 2 atom stereocenters. The van der Waals surface area contributed by atoms with Crippen molar-refractivity contribution in [2.75, 3.05) is 12.3 Å². The van der Waals surface area contributed by atoms with E-state index in [2.05, 4.69) is 4.98 Å². The second-order valence-corrected chi connectivity index (χ2v) is 9.13. The number of hydrogen-bond donors (Lipinski definition) is 1. The van der Waals surface area contributed by atoms with Crippen LogP contribution in [0.5, 0.6) is 0 Å². The number of aliphatic carboxylic acids is 1. The fourth-order valence-electron chi connectivity index (χ4n) is 3.58. The van der Waals surface area contributed by atoms with Crippen LogP contribution >= 0.6 is 0 Å². The maximum absolute atomic E-state index is 12.5. The van der Waals surface area contributed by atoms with Gasteiger partial charge in [0.15, 0.2) is 0 Å². The van der Waals surface area contributed by atoms with Crippen molar-refractivity contribution in [3.8, 4) is 0 Å². The van der Waals surface area contributed by atoms with Gasteiger partial charge in [0.05, 0.1) is 17.8 Å². The van der Waals surface area contributed by atoms with Crippen LogP contribution in [-0.2, 0) is 26.2 Å². The van der Waals surface area contributed by atoms with Crippen molar-refractivity contribution in [1.82, 2.24) is 14.2 Å². The summed E-state index contributed by atoms with van der Waals surface area (Å²) in [6, 6.07) is 3.60. The molecule has 2 aliphatic heterocycles. The summed E-state index contributed by atoms with van der Waals surface area (Å²) in [5.41, 5.74) is 0.980. The molecule has 1 amide bonds. The lowest BCUT2D eigenvalue weighted by Crippen LogP contribution is -2.40. The summed E-state index contributed by atoms with van der Waals surface area (Å²) in [5.74, 6) is -2.53. The molecule has 12 heteroatoms. The summed E-state index contributed by atoms with van der Waals surface area (Å²) in [6.45, 7) is 3.02. The minimum absolute atomic E-state index is 0.000826. The van der Waals surface area contributed by atoms with Crippen LogP contribution < -0.4 is 0 Å². The Hall–Kier alpha value is -2.21. The zero-order valence-corrected chi connectivity index (χ0v) is 17.2. The Morgan fingerprint density at radius 2 is 2.00 bits per heavy atom. The summed E-state index contributed by atoms with van der Waals surface area (Å²) in [6.07, 6.45) is 0.927. The first-order chi connectivity index (χ1) is 14.0. The van der Waals surface area contributed by atoms with Gasteiger partial charge in [0.1, 0.15) is 0 Å². The Morgan fingerprint density at radius 1 is 1.33 bits per heavy atom. The number of carbonyl (C=O) groups is 2. The van der Waals surface area contributed by atoms with E-state index in [-0.39, 0.29) is 23.7 Å². The van der Waals surface area contributed by atoms with Crippen LogP contribution in [0.15, 0.2) is 24.5 Å². The number of nitrogens with zero attached hydrogens (tertiary/aromatic N) is 3. The highest BCUT2D eigenvalue weighted by atomic mass is 32.2.